The van der Waals surface area contributed by atoms with Gasteiger partial charge in [0.05, 0.1) is 49.8 Å². The van der Waals surface area contributed by atoms with Crippen LogP contribution in [0.5, 0.6) is 0 Å². The third-order valence-electron chi connectivity index (χ3n) is 18.8. The van der Waals surface area contributed by atoms with E-state index in [-0.39, 0.29) is 0 Å². The van der Waals surface area contributed by atoms with E-state index in [2.05, 4.69) is 297 Å². The van der Waals surface area contributed by atoms with Crippen LogP contribution in [0.4, 0.5) is 0 Å². The van der Waals surface area contributed by atoms with Crippen LogP contribution in [-0.4, -0.2) is 28.2 Å². The van der Waals surface area contributed by atoms with E-state index in [0.717, 1.165) is 112 Å². The quantitative estimate of drug-likeness (QED) is 0.160. The van der Waals surface area contributed by atoms with Gasteiger partial charge in [0.1, 0.15) is 22.8 Å². The van der Waals surface area contributed by atoms with Crippen LogP contribution in [0.25, 0.3) is 186 Å². The molecule has 0 saturated carbocycles. The highest BCUT2D eigenvalue weighted by Crippen LogP contribution is 2.46. The van der Waals surface area contributed by atoms with Crippen molar-refractivity contribution in [3.63, 3.8) is 0 Å². The van der Waals surface area contributed by atoms with Gasteiger partial charge in [-0.2, -0.15) is 0 Å². The zero-order valence-corrected chi connectivity index (χ0v) is 49.0. The van der Waals surface area contributed by atoms with Crippen molar-refractivity contribution in [3.05, 3.63) is 291 Å². The number of hydrogen-bond acceptors (Lipinski definition) is 4. The first-order valence-corrected chi connectivity index (χ1v) is 31.3. The van der Waals surface area contributed by atoms with Crippen LogP contribution in [0.15, 0.2) is 296 Å². The van der Waals surface area contributed by atoms with Gasteiger partial charge in [-0.1, -0.05) is 158 Å². The molecule has 0 bridgehead atoms. The minimum atomic E-state index is 0.850. The monoisotopic (exact) mass is 1160 g/mol. The second kappa shape index (κ2) is 18.8. The second-order valence-corrected chi connectivity index (χ2v) is 24.7. The molecule has 8 heteroatoms. The van der Waals surface area contributed by atoms with Crippen LogP contribution in [-0.2, 0) is 0 Å². The Labute approximate surface area is 518 Å². The molecule has 12 aromatic carbocycles. The predicted octanol–water partition coefficient (Wildman–Crippen LogP) is 22.1. The van der Waals surface area contributed by atoms with Gasteiger partial charge < -0.3 is 13.6 Å². The fourth-order valence-corrected chi connectivity index (χ4v) is 16.0. The van der Waals surface area contributed by atoms with Crippen LogP contribution in [0.3, 0.4) is 0 Å². The number of nitrogens with zero attached hydrogens (tertiary/aromatic N) is 6. The van der Waals surface area contributed by atoms with E-state index in [1.807, 2.05) is 23.6 Å². The van der Waals surface area contributed by atoms with Crippen molar-refractivity contribution in [1.82, 2.24) is 28.2 Å². The molecule has 0 saturated heterocycles. The van der Waals surface area contributed by atoms with Gasteiger partial charge in [0.25, 0.3) is 0 Å². The smallest absolute Gasteiger partial charge is 0.138 e. The normalized spacial score (nSPS) is 12.2. The fraction of sp³-hybridized carbons (Fsp3) is 0. The van der Waals surface area contributed by atoms with Gasteiger partial charge >= 0.3 is 0 Å². The molecule has 0 aliphatic heterocycles. The Morgan fingerprint density at radius 1 is 0.267 bits per heavy atom. The lowest BCUT2D eigenvalue weighted by atomic mass is 9.98. The second-order valence-electron chi connectivity index (χ2n) is 23.6. The van der Waals surface area contributed by atoms with Gasteiger partial charge in [0.2, 0.25) is 0 Å². The average molecular weight is 1170 g/mol. The van der Waals surface area contributed by atoms with Crippen molar-refractivity contribution in [2.75, 3.05) is 0 Å². The van der Waals surface area contributed by atoms with Gasteiger partial charge in [0, 0.05) is 97.2 Å². The highest BCUT2D eigenvalue weighted by Gasteiger charge is 2.25. The summed E-state index contributed by atoms with van der Waals surface area (Å²) in [6.45, 7) is 0. The summed E-state index contributed by atoms with van der Waals surface area (Å²) >= 11 is 1.86. The lowest BCUT2D eigenvalue weighted by molar-refractivity contribution is 0.669. The number of thiophene rings is 1. The van der Waals surface area contributed by atoms with Crippen molar-refractivity contribution < 1.29 is 4.42 Å². The summed E-state index contributed by atoms with van der Waals surface area (Å²) in [4.78, 5) is 10.4. The number of fused-ring (bicyclic) bond motifs is 20. The SMILES string of the molecule is c1ccc(-c2cc(-c3ccc(-c4ccc5c(c4)oc4ccc(-n6c7ccccc7c7c8c9ccccc9n(-c9ccccn9)c8ccc76)cc45)cc3)cc(-n3c4ccccc4c4c5c6ccccc6n(-c6ccc7sc8ccccc8c7c6)c5ccc43)n2)cc1. The largest absolute Gasteiger partial charge is 0.456 e. The summed E-state index contributed by atoms with van der Waals surface area (Å²) in [5.74, 6) is 1.76. The van der Waals surface area contributed by atoms with Crippen molar-refractivity contribution in [2.24, 2.45) is 0 Å². The lowest BCUT2D eigenvalue weighted by Gasteiger charge is -2.13. The molecule has 20 aromatic rings. The Balaban J connectivity index is 0.688. The standard InChI is InChI=1S/C82H48N6OS/c1-2-16-51(17-3-1)64-44-53(46-78(84-64)88-68-26-12-7-22-61(68)82-72(88)40-38-70-80(82)59-20-5-10-24-66(59)86(70)55-35-42-76-63(48-55)57-18-8-13-27-75(57)90-76)50-31-29-49(30-32-50)52-33-36-56-62-47-54(34-41-73(62)89-74(56)45-52)85-65-23-9-4-19-58(65)79-69(85)37-39-71-81(79)60-21-6-11-25-67(60)87(71)77-28-14-15-43-83-77/h1-48H. The van der Waals surface area contributed by atoms with Gasteiger partial charge in [-0.3, -0.25) is 9.13 Å². The molecule has 8 aromatic heterocycles. The Hall–Kier alpha value is -11.8. The lowest BCUT2D eigenvalue weighted by Crippen LogP contribution is -2.00. The minimum Gasteiger partial charge on any atom is -0.456 e. The number of benzene rings is 12. The molecule has 20 rings (SSSR count). The number of aromatic nitrogens is 6. The van der Waals surface area contributed by atoms with Crippen LogP contribution in [0.2, 0.25) is 0 Å². The topological polar surface area (TPSA) is 58.6 Å². The minimum absolute atomic E-state index is 0.850. The highest BCUT2D eigenvalue weighted by molar-refractivity contribution is 7.25. The van der Waals surface area contributed by atoms with Gasteiger partial charge in [-0.25, -0.2) is 9.97 Å². The number of rotatable bonds is 7. The maximum atomic E-state index is 6.73. The predicted molar refractivity (Wildman–Crippen MR) is 376 cm³/mol. The maximum absolute atomic E-state index is 6.73. The molecule has 7 nitrogen and oxygen atoms in total. The summed E-state index contributed by atoms with van der Waals surface area (Å²) < 4.78 is 18.9. The molecule has 0 N–H and O–H groups in total. The Bertz CT molecular complexity index is 6400. The fourth-order valence-electron chi connectivity index (χ4n) is 14.9. The third-order valence-corrected chi connectivity index (χ3v) is 20.0. The highest BCUT2D eigenvalue weighted by atomic mass is 32.1. The zero-order valence-electron chi connectivity index (χ0n) is 48.2. The third kappa shape index (κ3) is 7.10. The van der Waals surface area contributed by atoms with Crippen LogP contribution < -0.4 is 0 Å². The molecule has 0 spiro atoms. The van der Waals surface area contributed by atoms with E-state index < -0.39 is 0 Å². The van der Waals surface area contributed by atoms with Crippen LogP contribution in [0.1, 0.15) is 0 Å². The molecular formula is C82H48N6OS. The molecule has 90 heavy (non-hydrogen) atoms. The van der Waals surface area contributed by atoms with Crippen molar-refractivity contribution in [1.29, 1.82) is 0 Å². The van der Waals surface area contributed by atoms with E-state index in [1.165, 1.54) is 74.3 Å². The Kier molecular flexibility index (Phi) is 10.3. The molecule has 0 atom stereocenters. The summed E-state index contributed by atoms with van der Waals surface area (Å²) in [5, 5.41) is 14.4. The van der Waals surface area contributed by atoms with Gasteiger partial charge in [-0.05, 0) is 150 Å². The number of furan rings is 1. The van der Waals surface area contributed by atoms with E-state index in [4.69, 9.17) is 14.4 Å². The molecule has 8 heterocycles. The maximum Gasteiger partial charge on any atom is 0.138 e. The molecule has 0 unspecified atom stereocenters. The van der Waals surface area contributed by atoms with Gasteiger partial charge in [0.15, 0.2) is 0 Å². The summed E-state index contributed by atoms with van der Waals surface area (Å²) in [7, 11) is 0. The van der Waals surface area contributed by atoms with Crippen molar-refractivity contribution in [3.8, 4) is 56.5 Å². The number of pyridine rings is 2. The first-order chi connectivity index (χ1) is 44.6. The molecule has 0 radical (unpaired) electrons. The molecule has 418 valence electrons. The van der Waals surface area contributed by atoms with E-state index in [0.29, 0.717) is 0 Å². The number of para-hydroxylation sites is 4. The van der Waals surface area contributed by atoms with Crippen molar-refractivity contribution >= 4 is 141 Å². The number of hydrogen-bond donors (Lipinski definition) is 0. The molecular weight excluding hydrogens is 1120 g/mol. The van der Waals surface area contributed by atoms with Gasteiger partial charge in [-0.15, -0.1) is 11.3 Å². The first kappa shape index (κ1) is 49.3. The van der Waals surface area contributed by atoms with Crippen LogP contribution in [0, 0.1) is 0 Å². The first-order valence-electron chi connectivity index (χ1n) is 30.5. The zero-order chi connectivity index (χ0) is 58.7. The Morgan fingerprint density at radius 2 is 0.756 bits per heavy atom. The molecule has 0 fully saturated rings. The van der Waals surface area contributed by atoms with Crippen LogP contribution >= 0.6 is 11.3 Å². The molecule has 0 aliphatic rings. The molecule has 0 amide bonds. The molecule has 0 aliphatic carbocycles. The summed E-state index contributed by atoms with van der Waals surface area (Å²) in [5.41, 5.74) is 19.4. The Morgan fingerprint density at radius 3 is 1.37 bits per heavy atom. The van der Waals surface area contributed by atoms with E-state index in [1.54, 1.807) is 0 Å². The summed E-state index contributed by atoms with van der Waals surface area (Å²) in [6, 6.07) is 103. The summed E-state index contributed by atoms with van der Waals surface area (Å²) in [6.07, 6.45) is 1.87. The average Bonchev–Trinajstić information content (AvgIpc) is 1.57. The van der Waals surface area contributed by atoms with E-state index in [9.17, 15) is 0 Å². The van der Waals surface area contributed by atoms with E-state index >= 15 is 0 Å². The van der Waals surface area contributed by atoms with Crippen molar-refractivity contribution in [2.45, 2.75) is 0 Å².